The molecule has 1 rings (SSSR count). The maximum Gasteiger partial charge on any atom is 0.219 e. The molecule has 0 aromatic rings. The van der Waals surface area contributed by atoms with Gasteiger partial charge in [0.2, 0.25) is 5.91 Å². The maximum atomic E-state index is 11.0. The summed E-state index contributed by atoms with van der Waals surface area (Å²) >= 11 is 0. The number of hydrogen-bond acceptors (Lipinski definition) is 2. The summed E-state index contributed by atoms with van der Waals surface area (Å²) < 4.78 is 0. The Labute approximate surface area is 80.5 Å². The van der Waals surface area contributed by atoms with Gasteiger partial charge in [0.15, 0.2) is 0 Å². The van der Waals surface area contributed by atoms with E-state index in [9.17, 15) is 4.79 Å². The fourth-order valence-corrected chi connectivity index (χ4v) is 1.69. The Kier molecular flexibility index (Phi) is 3.72. The van der Waals surface area contributed by atoms with Crippen LogP contribution in [0.25, 0.3) is 0 Å². The first-order valence-electron chi connectivity index (χ1n) is 5.08. The van der Waals surface area contributed by atoms with Gasteiger partial charge >= 0.3 is 0 Å². The zero-order chi connectivity index (χ0) is 9.84. The highest BCUT2D eigenvalue weighted by atomic mass is 16.2. The lowest BCUT2D eigenvalue weighted by molar-refractivity contribution is -0.127. The van der Waals surface area contributed by atoms with Gasteiger partial charge in [0, 0.05) is 26.1 Å². The van der Waals surface area contributed by atoms with Gasteiger partial charge in [-0.25, -0.2) is 0 Å². The number of nitrogens with zero attached hydrogens (tertiary/aromatic N) is 1. The average molecular weight is 184 g/mol. The molecule has 0 aliphatic carbocycles. The van der Waals surface area contributed by atoms with Gasteiger partial charge in [-0.3, -0.25) is 4.79 Å². The van der Waals surface area contributed by atoms with Crippen molar-refractivity contribution in [3.63, 3.8) is 0 Å². The largest absolute Gasteiger partial charge is 0.343 e. The summed E-state index contributed by atoms with van der Waals surface area (Å²) in [5, 5.41) is 3.41. The van der Waals surface area contributed by atoms with Gasteiger partial charge in [0.1, 0.15) is 0 Å². The van der Waals surface area contributed by atoms with Gasteiger partial charge in [-0.05, 0) is 18.9 Å². The van der Waals surface area contributed by atoms with E-state index in [0.29, 0.717) is 12.0 Å². The predicted octanol–water partition coefficient (Wildman–Crippen LogP) is 0.853. The molecule has 1 saturated heterocycles. The maximum absolute atomic E-state index is 11.0. The van der Waals surface area contributed by atoms with E-state index in [1.54, 1.807) is 6.92 Å². The van der Waals surface area contributed by atoms with Crippen molar-refractivity contribution in [1.82, 2.24) is 10.2 Å². The third-order valence-corrected chi connectivity index (χ3v) is 2.55. The number of hydrogen-bond donors (Lipinski definition) is 1. The van der Waals surface area contributed by atoms with E-state index in [4.69, 9.17) is 0 Å². The second kappa shape index (κ2) is 4.61. The molecule has 1 unspecified atom stereocenters. The molecule has 13 heavy (non-hydrogen) atoms. The SMILES string of the molecule is CC(=O)N1CCC(CNC(C)C)C1. The molecule has 1 heterocycles. The van der Waals surface area contributed by atoms with Crippen molar-refractivity contribution in [2.75, 3.05) is 19.6 Å². The van der Waals surface area contributed by atoms with Gasteiger partial charge in [-0.15, -0.1) is 0 Å². The first kappa shape index (κ1) is 10.5. The van der Waals surface area contributed by atoms with E-state index in [0.717, 1.165) is 26.1 Å². The van der Waals surface area contributed by atoms with Gasteiger partial charge < -0.3 is 10.2 Å². The number of rotatable bonds is 3. The third kappa shape index (κ3) is 3.35. The lowest BCUT2D eigenvalue weighted by atomic mass is 10.1. The van der Waals surface area contributed by atoms with Crippen LogP contribution in [0.3, 0.4) is 0 Å². The van der Waals surface area contributed by atoms with Crippen LogP contribution < -0.4 is 5.32 Å². The van der Waals surface area contributed by atoms with E-state index in [-0.39, 0.29) is 5.91 Å². The molecule has 3 nitrogen and oxygen atoms in total. The van der Waals surface area contributed by atoms with Crippen LogP contribution in [0, 0.1) is 5.92 Å². The molecule has 76 valence electrons. The number of carbonyl (C=O) groups excluding carboxylic acids is 1. The van der Waals surface area contributed by atoms with E-state index < -0.39 is 0 Å². The van der Waals surface area contributed by atoms with E-state index in [2.05, 4.69) is 19.2 Å². The summed E-state index contributed by atoms with van der Waals surface area (Å²) in [7, 11) is 0. The van der Waals surface area contributed by atoms with Crippen molar-refractivity contribution in [3.05, 3.63) is 0 Å². The van der Waals surface area contributed by atoms with Gasteiger partial charge in [0.05, 0.1) is 0 Å². The monoisotopic (exact) mass is 184 g/mol. The minimum Gasteiger partial charge on any atom is -0.343 e. The van der Waals surface area contributed by atoms with E-state index in [1.165, 1.54) is 0 Å². The van der Waals surface area contributed by atoms with Crippen LogP contribution in [0.1, 0.15) is 27.2 Å². The van der Waals surface area contributed by atoms with Gasteiger partial charge in [0.25, 0.3) is 0 Å². The Morgan fingerprint density at radius 3 is 2.77 bits per heavy atom. The molecule has 1 amide bonds. The van der Waals surface area contributed by atoms with Crippen molar-refractivity contribution >= 4 is 5.91 Å². The van der Waals surface area contributed by atoms with E-state index in [1.807, 2.05) is 4.90 Å². The Hall–Kier alpha value is -0.570. The summed E-state index contributed by atoms with van der Waals surface area (Å²) in [4.78, 5) is 13.0. The number of amides is 1. The molecule has 0 saturated carbocycles. The normalized spacial score (nSPS) is 22.8. The van der Waals surface area contributed by atoms with Gasteiger partial charge in [-0.1, -0.05) is 13.8 Å². The lowest BCUT2D eigenvalue weighted by Crippen LogP contribution is -2.31. The zero-order valence-electron chi connectivity index (χ0n) is 8.84. The molecule has 0 aromatic heterocycles. The standard InChI is InChI=1S/C10H20N2O/c1-8(2)11-6-10-4-5-12(7-10)9(3)13/h8,10-11H,4-7H2,1-3H3. The summed E-state index contributed by atoms with van der Waals surface area (Å²) in [5.74, 6) is 0.873. The predicted molar refractivity (Wildman–Crippen MR) is 53.5 cm³/mol. The van der Waals surface area contributed by atoms with Crippen LogP contribution in [-0.2, 0) is 4.79 Å². The topological polar surface area (TPSA) is 32.3 Å². The van der Waals surface area contributed by atoms with Crippen LogP contribution in [-0.4, -0.2) is 36.5 Å². The molecule has 0 spiro atoms. The summed E-state index contributed by atoms with van der Waals surface area (Å²) in [6.45, 7) is 8.88. The smallest absolute Gasteiger partial charge is 0.219 e. The first-order chi connectivity index (χ1) is 6.09. The molecule has 0 bridgehead atoms. The van der Waals surface area contributed by atoms with Crippen molar-refractivity contribution < 1.29 is 4.79 Å². The molecule has 0 aromatic carbocycles. The minimum absolute atomic E-state index is 0.215. The fraction of sp³-hybridized carbons (Fsp3) is 0.900. The average Bonchev–Trinajstić information content (AvgIpc) is 2.48. The Morgan fingerprint density at radius 2 is 2.31 bits per heavy atom. The Balaban J connectivity index is 2.21. The zero-order valence-corrected chi connectivity index (χ0v) is 8.84. The highest BCUT2D eigenvalue weighted by molar-refractivity contribution is 5.73. The lowest BCUT2D eigenvalue weighted by Gasteiger charge is -2.15. The second-order valence-electron chi connectivity index (χ2n) is 4.18. The molecule has 1 N–H and O–H groups in total. The minimum atomic E-state index is 0.215. The quantitative estimate of drug-likeness (QED) is 0.705. The highest BCUT2D eigenvalue weighted by Gasteiger charge is 2.23. The fourth-order valence-electron chi connectivity index (χ4n) is 1.69. The Bertz CT molecular complexity index is 180. The Morgan fingerprint density at radius 1 is 1.62 bits per heavy atom. The van der Waals surface area contributed by atoms with Crippen LogP contribution >= 0.6 is 0 Å². The summed E-state index contributed by atoms with van der Waals surface area (Å²) in [5.41, 5.74) is 0. The van der Waals surface area contributed by atoms with Crippen molar-refractivity contribution in [2.24, 2.45) is 5.92 Å². The molecule has 1 fully saturated rings. The van der Waals surface area contributed by atoms with Crippen LogP contribution in [0.15, 0.2) is 0 Å². The first-order valence-corrected chi connectivity index (χ1v) is 5.08. The summed E-state index contributed by atoms with van der Waals surface area (Å²) in [6.07, 6.45) is 1.15. The molecule has 1 aliphatic heterocycles. The molecule has 1 aliphatic rings. The van der Waals surface area contributed by atoms with Crippen molar-refractivity contribution in [1.29, 1.82) is 0 Å². The molecular weight excluding hydrogens is 164 g/mol. The molecule has 3 heteroatoms. The van der Waals surface area contributed by atoms with Gasteiger partial charge in [-0.2, -0.15) is 0 Å². The number of carbonyl (C=O) groups is 1. The number of likely N-dealkylation sites (tertiary alicyclic amines) is 1. The highest BCUT2D eigenvalue weighted by Crippen LogP contribution is 2.15. The van der Waals surface area contributed by atoms with Crippen molar-refractivity contribution in [3.8, 4) is 0 Å². The van der Waals surface area contributed by atoms with Crippen LogP contribution in [0.4, 0.5) is 0 Å². The molecule has 1 atom stereocenters. The van der Waals surface area contributed by atoms with Crippen molar-refractivity contribution in [2.45, 2.75) is 33.2 Å². The number of nitrogens with one attached hydrogen (secondary N) is 1. The molecular formula is C10H20N2O. The molecule has 0 radical (unpaired) electrons. The summed E-state index contributed by atoms with van der Waals surface area (Å²) in [6, 6.07) is 0.548. The van der Waals surface area contributed by atoms with Crippen LogP contribution in [0.2, 0.25) is 0 Å². The second-order valence-corrected chi connectivity index (χ2v) is 4.18. The van der Waals surface area contributed by atoms with E-state index >= 15 is 0 Å². The third-order valence-electron chi connectivity index (χ3n) is 2.55. The van der Waals surface area contributed by atoms with Crippen LogP contribution in [0.5, 0.6) is 0 Å².